The predicted octanol–water partition coefficient (Wildman–Crippen LogP) is 2.22. The number of rotatable bonds is 6. The fourth-order valence-corrected chi connectivity index (χ4v) is 2.51. The first-order valence-corrected chi connectivity index (χ1v) is 7.36. The molecule has 0 fully saturated rings. The molecule has 5 nitrogen and oxygen atoms in total. The average Bonchev–Trinajstić information content (AvgIpc) is 2.44. The number of likely N-dealkylation sites (N-methyl/N-ethyl adjacent to an activating group) is 1. The van der Waals surface area contributed by atoms with Crippen molar-refractivity contribution in [3.63, 3.8) is 0 Å². The maximum atomic E-state index is 12.3. The molecule has 0 saturated carbocycles. The highest BCUT2D eigenvalue weighted by molar-refractivity contribution is 5.76. The van der Waals surface area contributed by atoms with Gasteiger partial charge in [-0.1, -0.05) is 12.2 Å². The van der Waals surface area contributed by atoms with Crippen molar-refractivity contribution in [3.8, 4) is 6.07 Å². The molecule has 0 aromatic carbocycles. The summed E-state index contributed by atoms with van der Waals surface area (Å²) >= 11 is 0. The van der Waals surface area contributed by atoms with E-state index in [1.54, 1.807) is 18.7 Å². The van der Waals surface area contributed by atoms with Crippen molar-refractivity contribution in [2.45, 2.75) is 40.5 Å². The van der Waals surface area contributed by atoms with Crippen LogP contribution in [-0.4, -0.2) is 28.9 Å². The topological polar surface area (TPSA) is 77.0 Å². The molecule has 1 amide bonds. The van der Waals surface area contributed by atoms with Gasteiger partial charge < -0.3 is 9.88 Å². The lowest BCUT2D eigenvalue weighted by Crippen LogP contribution is -2.32. The SMILES string of the molecule is C=C(C)CN(CC)C(=O)CCc1c(C)[nH]c(=O)c(C#N)c1C. The Bertz CT molecular complexity index is 680. The summed E-state index contributed by atoms with van der Waals surface area (Å²) in [6.45, 7) is 12.4. The largest absolute Gasteiger partial charge is 0.339 e. The zero-order valence-corrected chi connectivity index (χ0v) is 13.7. The zero-order chi connectivity index (χ0) is 16.9. The van der Waals surface area contributed by atoms with Crippen LogP contribution in [0, 0.1) is 25.2 Å². The third kappa shape index (κ3) is 4.08. The summed E-state index contributed by atoms with van der Waals surface area (Å²) in [4.78, 5) is 28.4. The van der Waals surface area contributed by atoms with Crippen molar-refractivity contribution in [2.24, 2.45) is 0 Å². The number of hydrogen-bond acceptors (Lipinski definition) is 3. The van der Waals surface area contributed by atoms with Gasteiger partial charge in [-0.15, -0.1) is 0 Å². The Kier molecular flexibility index (Phi) is 6.11. The number of carbonyl (C=O) groups is 1. The second-order valence-corrected chi connectivity index (χ2v) is 5.53. The number of hydrogen-bond donors (Lipinski definition) is 1. The van der Waals surface area contributed by atoms with Gasteiger partial charge >= 0.3 is 0 Å². The number of carbonyl (C=O) groups excluding carboxylic acids is 1. The summed E-state index contributed by atoms with van der Waals surface area (Å²) in [5, 5.41) is 9.06. The van der Waals surface area contributed by atoms with E-state index in [0.29, 0.717) is 31.5 Å². The molecule has 0 aliphatic carbocycles. The molecule has 0 saturated heterocycles. The highest BCUT2D eigenvalue weighted by Crippen LogP contribution is 2.15. The van der Waals surface area contributed by atoms with Gasteiger partial charge in [0.15, 0.2) is 0 Å². The van der Waals surface area contributed by atoms with Crippen LogP contribution in [0.1, 0.15) is 42.7 Å². The first-order valence-electron chi connectivity index (χ1n) is 7.36. The van der Waals surface area contributed by atoms with Crippen LogP contribution in [0.5, 0.6) is 0 Å². The molecule has 1 rings (SSSR count). The van der Waals surface area contributed by atoms with E-state index in [0.717, 1.165) is 16.8 Å². The summed E-state index contributed by atoms with van der Waals surface area (Å²) < 4.78 is 0. The van der Waals surface area contributed by atoms with E-state index in [1.165, 1.54) is 0 Å². The standard InChI is InChI=1S/C17H23N3O2/c1-6-20(10-11(2)3)16(21)8-7-14-12(4)15(9-18)17(22)19-13(14)5/h2,6-8,10H2,1,3-5H3,(H,19,22). The van der Waals surface area contributed by atoms with Crippen molar-refractivity contribution in [2.75, 3.05) is 13.1 Å². The molecule has 1 heterocycles. The lowest BCUT2D eigenvalue weighted by Gasteiger charge is -2.21. The third-order valence-corrected chi connectivity index (χ3v) is 3.70. The first kappa shape index (κ1) is 17.7. The van der Waals surface area contributed by atoms with Crippen LogP contribution in [0.25, 0.3) is 0 Å². The van der Waals surface area contributed by atoms with Gasteiger partial charge in [0.2, 0.25) is 5.91 Å². The summed E-state index contributed by atoms with van der Waals surface area (Å²) in [5.41, 5.74) is 2.96. The van der Waals surface area contributed by atoms with Crippen LogP contribution in [0.15, 0.2) is 16.9 Å². The second-order valence-electron chi connectivity index (χ2n) is 5.53. The molecular formula is C17H23N3O2. The van der Waals surface area contributed by atoms with Gasteiger partial charge in [-0.25, -0.2) is 0 Å². The Balaban J connectivity index is 2.93. The quantitative estimate of drug-likeness (QED) is 0.818. The van der Waals surface area contributed by atoms with E-state index < -0.39 is 0 Å². The highest BCUT2D eigenvalue weighted by Gasteiger charge is 2.16. The van der Waals surface area contributed by atoms with Crippen LogP contribution < -0.4 is 5.56 Å². The summed E-state index contributed by atoms with van der Waals surface area (Å²) in [7, 11) is 0. The van der Waals surface area contributed by atoms with Crippen molar-refractivity contribution in [3.05, 3.63) is 44.9 Å². The van der Waals surface area contributed by atoms with E-state index in [9.17, 15) is 9.59 Å². The van der Waals surface area contributed by atoms with Crippen molar-refractivity contribution in [1.29, 1.82) is 5.26 Å². The lowest BCUT2D eigenvalue weighted by atomic mass is 9.99. The molecule has 118 valence electrons. The van der Waals surface area contributed by atoms with Gasteiger partial charge in [0.25, 0.3) is 5.56 Å². The fraction of sp³-hybridized carbons (Fsp3) is 0.471. The average molecular weight is 301 g/mol. The molecule has 1 aromatic heterocycles. The Morgan fingerprint density at radius 3 is 2.55 bits per heavy atom. The second kappa shape index (κ2) is 7.60. The zero-order valence-electron chi connectivity index (χ0n) is 13.7. The van der Waals surface area contributed by atoms with Gasteiger partial charge in [-0.2, -0.15) is 5.26 Å². The number of amides is 1. The number of nitrogens with one attached hydrogen (secondary N) is 1. The maximum Gasteiger partial charge on any atom is 0.266 e. The molecular weight excluding hydrogens is 278 g/mol. The van der Waals surface area contributed by atoms with E-state index >= 15 is 0 Å². The summed E-state index contributed by atoms with van der Waals surface area (Å²) in [5.74, 6) is 0.0500. The van der Waals surface area contributed by atoms with E-state index in [2.05, 4.69) is 11.6 Å². The van der Waals surface area contributed by atoms with Gasteiger partial charge in [-0.3, -0.25) is 9.59 Å². The Morgan fingerprint density at radius 2 is 2.05 bits per heavy atom. The van der Waals surface area contributed by atoms with E-state index in [-0.39, 0.29) is 17.0 Å². The maximum absolute atomic E-state index is 12.3. The predicted molar refractivity (Wildman–Crippen MR) is 86.6 cm³/mol. The summed E-state index contributed by atoms with van der Waals surface area (Å²) in [6, 6.07) is 1.93. The van der Waals surface area contributed by atoms with Crippen LogP contribution >= 0.6 is 0 Å². The smallest absolute Gasteiger partial charge is 0.266 e. The fourth-order valence-electron chi connectivity index (χ4n) is 2.51. The minimum absolute atomic E-state index is 0.0500. The number of nitrogens with zero attached hydrogens (tertiary/aromatic N) is 2. The molecule has 0 atom stereocenters. The molecule has 0 bridgehead atoms. The summed E-state index contributed by atoms with van der Waals surface area (Å²) in [6.07, 6.45) is 0.856. The first-order chi connectivity index (χ1) is 10.3. The van der Waals surface area contributed by atoms with Crippen molar-refractivity contribution >= 4 is 5.91 Å². The van der Waals surface area contributed by atoms with E-state index in [4.69, 9.17) is 5.26 Å². The molecule has 1 aromatic rings. The van der Waals surface area contributed by atoms with Crippen LogP contribution in [0.4, 0.5) is 0 Å². The number of aryl methyl sites for hydroxylation is 1. The Morgan fingerprint density at radius 1 is 1.41 bits per heavy atom. The van der Waals surface area contributed by atoms with Gasteiger partial charge in [0.1, 0.15) is 11.6 Å². The Labute approximate surface area is 131 Å². The van der Waals surface area contributed by atoms with Crippen LogP contribution in [-0.2, 0) is 11.2 Å². The molecule has 5 heteroatoms. The molecule has 0 unspecified atom stereocenters. The van der Waals surface area contributed by atoms with Gasteiger partial charge in [0, 0.05) is 25.2 Å². The van der Waals surface area contributed by atoms with Crippen LogP contribution in [0.2, 0.25) is 0 Å². The highest BCUT2D eigenvalue weighted by atomic mass is 16.2. The minimum Gasteiger partial charge on any atom is -0.339 e. The molecule has 0 aliphatic heterocycles. The Hall–Kier alpha value is -2.35. The number of aromatic amines is 1. The molecule has 1 N–H and O–H groups in total. The van der Waals surface area contributed by atoms with Crippen LogP contribution in [0.3, 0.4) is 0 Å². The number of aromatic nitrogens is 1. The number of pyridine rings is 1. The molecule has 0 radical (unpaired) electrons. The minimum atomic E-state index is -0.370. The normalized spacial score (nSPS) is 10.1. The number of nitriles is 1. The van der Waals surface area contributed by atoms with Gasteiger partial charge in [0.05, 0.1) is 0 Å². The van der Waals surface area contributed by atoms with Crippen molar-refractivity contribution < 1.29 is 4.79 Å². The van der Waals surface area contributed by atoms with E-state index in [1.807, 2.05) is 19.9 Å². The molecule has 0 spiro atoms. The monoisotopic (exact) mass is 301 g/mol. The number of H-pyrrole nitrogens is 1. The lowest BCUT2D eigenvalue weighted by molar-refractivity contribution is -0.130. The molecule has 0 aliphatic rings. The van der Waals surface area contributed by atoms with Gasteiger partial charge in [-0.05, 0) is 45.2 Å². The van der Waals surface area contributed by atoms with Crippen molar-refractivity contribution in [1.82, 2.24) is 9.88 Å². The third-order valence-electron chi connectivity index (χ3n) is 3.70. The molecule has 22 heavy (non-hydrogen) atoms.